The van der Waals surface area contributed by atoms with Gasteiger partial charge < -0.3 is 30.6 Å². The zero-order valence-electron chi connectivity index (χ0n) is 6.62. The van der Waals surface area contributed by atoms with Crippen molar-refractivity contribution >= 4 is 6.29 Å². The highest BCUT2D eigenvalue weighted by Gasteiger charge is 2.28. The third-order valence-corrected chi connectivity index (χ3v) is 1.44. The first-order valence-corrected chi connectivity index (χ1v) is 3.32. The van der Waals surface area contributed by atoms with E-state index in [1.165, 1.54) is 0 Å². The Morgan fingerprint density at radius 2 is 1.83 bits per heavy atom. The van der Waals surface area contributed by atoms with Gasteiger partial charge in [-0.15, -0.1) is 0 Å². The van der Waals surface area contributed by atoms with E-state index < -0.39 is 24.5 Å². The largest absolute Gasteiger partial charge is 0.388 e. The average Bonchev–Trinajstić information content (AvgIpc) is 2.12. The molecule has 0 amide bonds. The fraction of sp³-hybridized carbons (Fsp3) is 0.833. The molecule has 0 aromatic carbocycles. The van der Waals surface area contributed by atoms with Gasteiger partial charge in [-0.3, -0.25) is 0 Å². The Kier molecular flexibility index (Phi) is 4.95. The van der Waals surface area contributed by atoms with Gasteiger partial charge in [-0.25, -0.2) is 0 Å². The number of carbonyl (C=O) groups is 1. The maximum Gasteiger partial charge on any atom is 0.183 e. The summed E-state index contributed by atoms with van der Waals surface area (Å²) in [6, 6.07) is -1.23. The Bertz CT molecular complexity index is 142. The number of methoxy groups -OCH3 is 1. The number of ether oxygens (including phenoxy) is 1. The molecule has 6 nitrogen and oxygen atoms in total. The quantitative estimate of drug-likeness (QED) is 0.268. The number of nitrogens with two attached hydrogens (primary N) is 1. The molecular formula is C6H13NO5. The van der Waals surface area contributed by atoms with Gasteiger partial charge in [-0.2, -0.15) is 0 Å². The number of aliphatic hydroxyl groups excluding tert-OH is 3. The highest BCUT2D eigenvalue weighted by molar-refractivity contribution is 5.58. The fourth-order valence-electron chi connectivity index (χ4n) is 0.616. The number of hydrogen-bond acceptors (Lipinski definition) is 6. The van der Waals surface area contributed by atoms with Crippen LogP contribution in [0.5, 0.6) is 0 Å². The van der Waals surface area contributed by atoms with Gasteiger partial charge in [-0.05, 0) is 0 Å². The molecule has 4 atom stereocenters. The maximum atomic E-state index is 10.0. The Morgan fingerprint density at radius 1 is 1.33 bits per heavy atom. The lowest BCUT2D eigenvalue weighted by molar-refractivity contribution is -0.177. The van der Waals surface area contributed by atoms with E-state index in [1.807, 2.05) is 0 Å². The summed E-state index contributed by atoms with van der Waals surface area (Å²) in [4.78, 5) is 10.0. The number of carbonyl (C=O) groups excluding carboxylic acids is 1. The summed E-state index contributed by atoms with van der Waals surface area (Å²) in [5, 5.41) is 26.9. The van der Waals surface area contributed by atoms with Gasteiger partial charge in [-0.1, -0.05) is 0 Å². The topological polar surface area (TPSA) is 113 Å². The zero-order valence-corrected chi connectivity index (χ0v) is 6.62. The monoisotopic (exact) mass is 179 g/mol. The van der Waals surface area contributed by atoms with Crippen LogP contribution in [0, 0.1) is 0 Å². The van der Waals surface area contributed by atoms with E-state index in [9.17, 15) is 4.79 Å². The summed E-state index contributed by atoms with van der Waals surface area (Å²) in [5.41, 5.74) is 5.07. The van der Waals surface area contributed by atoms with Crippen LogP contribution in [0.4, 0.5) is 0 Å². The summed E-state index contributed by atoms with van der Waals surface area (Å²) in [7, 11) is 1.15. The molecule has 12 heavy (non-hydrogen) atoms. The predicted molar refractivity (Wildman–Crippen MR) is 39.1 cm³/mol. The molecule has 1 unspecified atom stereocenters. The van der Waals surface area contributed by atoms with Crippen molar-refractivity contribution in [3.8, 4) is 0 Å². The standard InChI is InChI=1S/C6H13NO5/c1-12-6(11)5(10)4(9)3(7)2-8/h2-6,9-11H,7H2,1H3/t3?,4-,5+,6-/m0/s1. The zero-order chi connectivity index (χ0) is 9.72. The number of aliphatic hydroxyl groups is 3. The molecule has 0 heterocycles. The smallest absolute Gasteiger partial charge is 0.183 e. The van der Waals surface area contributed by atoms with Gasteiger partial charge in [0.2, 0.25) is 0 Å². The molecule has 0 fully saturated rings. The number of hydrogen-bond donors (Lipinski definition) is 4. The van der Waals surface area contributed by atoms with Crippen molar-refractivity contribution in [1.82, 2.24) is 0 Å². The van der Waals surface area contributed by atoms with Gasteiger partial charge in [0, 0.05) is 7.11 Å². The van der Waals surface area contributed by atoms with Crippen LogP contribution in [0.2, 0.25) is 0 Å². The Labute approximate surface area is 69.6 Å². The van der Waals surface area contributed by atoms with Gasteiger partial charge in [0.05, 0.1) is 6.04 Å². The Balaban J connectivity index is 4.07. The fourth-order valence-corrected chi connectivity index (χ4v) is 0.616. The van der Waals surface area contributed by atoms with Gasteiger partial charge in [0.15, 0.2) is 6.29 Å². The molecule has 0 aromatic heterocycles. The van der Waals surface area contributed by atoms with Gasteiger partial charge in [0.25, 0.3) is 0 Å². The lowest BCUT2D eigenvalue weighted by Gasteiger charge is -2.23. The predicted octanol–water partition coefficient (Wildman–Crippen LogP) is -2.80. The summed E-state index contributed by atoms with van der Waals surface area (Å²) in [6.07, 6.45) is -4.39. The van der Waals surface area contributed by atoms with E-state index in [-0.39, 0.29) is 6.29 Å². The molecule has 0 bridgehead atoms. The van der Waals surface area contributed by atoms with E-state index in [2.05, 4.69) is 4.74 Å². The second-order valence-corrected chi connectivity index (χ2v) is 2.32. The van der Waals surface area contributed by atoms with Crippen LogP contribution < -0.4 is 5.73 Å². The van der Waals surface area contributed by atoms with E-state index >= 15 is 0 Å². The molecule has 0 saturated heterocycles. The van der Waals surface area contributed by atoms with Crippen molar-refractivity contribution in [2.45, 2.75) is 24.5 Å². The molecule has 0 aromatic rings. The minimum Gasteiger partial charge on any atom is -0.388 e. The van der Waals surface area contributed by atoms with Crippen LogP contribution in [0.25, 0.3) is 0 Å². The Morgan fingerprint density at radius 3 is 2.17 bits per heavy atom. The molecule has 0 aliphatic rings. The SMILES string of the molecule is CO[C@H](O)[C@H](O)[C@@H](O)C(N)C=O. The third kappa shape index (κ3) is 2.84. The van der Waals surface area contributed by atoms with E-state index in [4.69, 9.17) is 21.1 Å². The normalized spacial score (nSPS) is 21.1. The first-order valence-electron chi connectivity index (χ1n) is 3.32. The van der Waals surface area contributed by atoms with Crippen LogP contribution in [0.3, 0.4) is 0 Å². The van der Waals surface area contributed by atoms with Crippen LogP contribution in [0.1, 0.15) is 0 Å². The summed E-state index contributed by atoms with van der Waals surface area (Å²) in [5.74, 6) is 0. The van der Waals surface area contributed by atoms with Crippen molar-refractivity contribution in [3.05, 3.63) is 0 Å². The lowest BCUT2D eigenvalue weighted by atomic mass is 10.1. The summed E-state index contributed by atoms with van der Waals surface area (Å²) < 4.78 is 4.30. The van der Waals surface area contributed by atoms with Crippen molar-refractivity contribution < 1.29 is 24.9 Å². The second kappa shape index (κ2) is 5.18. The Hall–Kier alpha value is -0.530. The average molecular weight is 179 g/mol. The van der Waals surface area contributed by atoms with E-state index in [0.717, 1.165) is 7.11 Å². The van der Waals surface area contributed by atoms with Crippen LogP contribution in [-0.2, 0) is 9.53 Å². The molecule has 5 N–H and O–H groups in total. The first kappa shape index (κ1) is 11.5. The van der Waals surface area contributed by atoms with Gasteiger partial charge >= 0.3 is 0 Å². The highest BCUT2D eigenvalue weighted by atomic mass is 16.6. The molecule has 0 spiro atoms. The molecule has 72 valence electrons. The second-order valence-electron chi connectivity index (χ2n) is 2.32. The number of aldehydes is 1. The lowest BCUT2D eigenvalue weighted by Crippen LogP contribution is -2.49. The molecule has 0 saturated carbocycles. The minimum absolute atomic E-state index is 0.274. The summed E-state index contributed by atoms with van der Waals surface area (Å²) >= 11 is 0. The highest BCUT2D eigenvalue weighted by Crippen LogP contribution is 2.02. The van der Waals surface area contributed by atoms with Crippen molar-refractivity contribution in [1.29, 1.82) is 0 Å². The van der Waals surface area contributed by atoms with Crippen molar-refractivity contribution in [2.24, 2.45) is 5.73 Å². The molecule has 0 aliphatic heterocycles. The van der Waals surface area contributed by atoms with E-state index in [1.54, 1.807) is 0 Å². The van der Waals surface area contributed by atoms with E-state index in [0.29, 0.717) is 0 Å². The maximum absolute atomic E-state index is 10.0. The van der Waals surface area contributed by atoms with Crippen molar-refractivity contribution in [2.75, 3.05) is 7.11 Å². The van der Waals surface area contributed by atoms with Gasteiger partial charge in [0.1, 0.15) is 18.5 Å². The van der Waals surface area contributed by atoms with Crippen LogP contribution >= 0.6 is 0 Å². The third-order valence-electron chi connectivity index (χ3n) is 1.44. The summed E-state index contributed by atoms with van der Waals surface area (Å²) in [6.45, 7) is 0. The number of rotatable bonds is 5. The first-order chi connectivity index (χ1) is 5.54. The molecule has 0 aliphatic carbocycles. The molecule has 0 rings (SSSR count). The van der Waals surface area contributed by atoms with Crippen molar-refractivity contribution in [3.63, 3.8) is 0 Å². The molecule has 6 heteroatoms. The van der Waals surface area contributed by atoms with Crippen LogP contribution in [-0.4, -0.2) is 53.3 Å². The minimum atomic E-state index is -1.59. The van der Waals surface area contributed by atoms with Crippen LogP contribution in [0.15, 0.2) is 0 Å². The molecule has 0 radical (unpaired) electrons. The molecular weight excluding hydrogens is 166 g/mol.